The maximum atomic E-state index is 12.8. The first-order valence-electron chi connectivity index (χ1n) is 6.38. The molecule has 0 fully saturated rings. The quantitative estimate of drug-likeness (QED) is 0.790. The summed E-state index contributed by atoms with van der Waals surface area (Å²) in [7, 11) is -3.35. The summed E-state index contributed by atoms with van der Waals surface area (Å²) in [6.07, 6.45) is 0. The maximum Gasteiger partial charge on any atom is 0.475 e. The largest absolute Gasteiger partial charge is 0.475 e. The molecule has 0 saturated heterocycles. The van der Waals surface area contributed by atoms with E-state index >= 15 is 0 Å². The van der Waals surface area contributed by atoms with Crippen LogP contribution in [0.5, 0.6) is 0 Å². The summed E-state index contributed by atoms with van der Waals surface area (Å²) in [5.41, 5.74) is -5.11. The van der Waals surface area contributed by atoms with Gasteiger partial charge in [0, 0.05) is 0 Å². The van der Waals surface area contributed by atoms with E-state index < -0.39 is 33.0 Å². The lowest BCUT2D eigenvalue weighted by molar-refractivity contribution is -0.0384. The van der Waals surface area contributed by atoms with E-state index in [1.165, 1.54) is 30.3 Å². The number of benzene rings is 2. The monoisotopic (exact) mass is 339 g/mol. The lowest BCUT2D eigenvalue weighted by Gasteiger charge is -2.18. The second-order valence-corrected chi connectivity index (χ2v) is 6.11. The van der Waals surface area contributed by atoms with E-state index in [1.807, 2.05) is 0 Å². The van der Waals surface area contributed by atoms with E-state index in [0.29, 0.717) is 4.90 Å². The standard InChI is InChI=1S/C15H8F3NO3S/c16-15(17,18)23(22)12-8-4-3-7-11(12)19-13(20)9-5-1-2-6-10(9)14(19)21/h1-8H/t23-/m1/s1. The Labute approximate surface area is 131 Å². The van der Waals surface area contributed by atoms with Crippen LogP contribution in [0, 0.1) is 0 Å². The zero-order chi connectivity index (χ0) is 16.8. The molecule has 0 spiro atoms. The molecule has 1 aliphatic heterocycles. The Bertz CT molecular complexity index is 813. The van der Waals surface area contributed by atoms with Crippen LogP contribution >= 0.6 is 0 Å². The van der Waals surface area contributed by atoms with Gasteiger partial charge in [-0.15, -0.1) is 0 Å². The molecule has 2 amide bonds. The third-order valence-electron chi connectivity index (χ3n) is 3.31. The van der Waals surface area contributed by atoms with Gasteiger partial charge in [-0.3, -0.25) is 9.59 Å². The summed E-state index contributed by atoms with van der Waals surface area (Å²) in [6, 6.07) is 10.7. The molecule has 4 nitrogen and oxygen atoms in total. The number of carbonyl (C=O) groups excluding carboxylic acids is 2. The average molecular weight is 339 g/mol. The number of carbonyl (C=O) groups is 2. The second kappa shape index (κ2) is 5.31. The van der Waals surface area contributed by atoms with Gasteiger partial charge in [0.05, 0.1) is 21.7 Å². The molecule has 0 aromatic heterocycles. The summed E-state index contributed by atoms with van der Waals surface area (Å²) in [5, 5.41) is 0. The number of nitrogens with zero attached hydrogens (tertiary/aromatic N) is 1. The molecule has 1 heterocycles. The van der Waals surface area contributed by atoms with Crippen LogP contribution in [-0.2, 0) is 10.8 Å². The van der Waals surface area contributed by atoms with Gasteiger partial charge in [-0.05, 0) is 24.3 Å². The maximum absolute atomic E-state index is 12.8. The third-order valence-corrected chi connectivity index (χ3v) is 4.48. The molecule has 0 saturated carbocycles. The van der Waals surface area contributed by atoms with Gasteiger partial charge in [-0.1, -0.05) is 24.3 Å². The molecular weight excluding hydrogens is 331 g/mol. The zero-order valence-corrected chi connectivity index (χ0v) is 12.1. The SMILES string of the molecule is O=C1c2ccccc2C(=O)N1c1ccccc1[S@@](=O)C(F)(F)F. The van der Waals surface area contributed by atoms with E-state index in [9.17, 15) is 27.0 Å². The number of rotatable bonds is 2. The molecule has 0 aliphatic carbocycles. The fourth-order valence-corrected chi connectivity index (χ4v) is 3.13. The first-order chi connectivity index (χ1) is 10.8. The highest BCUT2D eigenvalue weighted by molar-refractivity contribution is 7.86. The Morgan fingerprint density at radius 1 is 0.826 bits per heavy atom. The number of fused-ring (bicyclic) bond motifs is 1. The van der Waals surface area contributed by atoms with Crippen molar-refractivity contribution >= 4 is 28.3 Å². The minimum atomic E-state index is -4.99. The highest BCUT2D eigenvalue weighted by Crippen LogP contribution is 2.36. The molecule has 0 radical (unpaired) electrons. The summed E-state index contributed by atoms with van der Waals surface area (Å²) in [5.74, 6) is -1.48. The highest BCUT2D eigenvalue weighted by atomic mass is 32.2. The molecule has 1 atom stereocenters. The first-order valence-corrected chi connectivity index (χ1v) is 7.53. The van der Waals surface area contributed by atoms with Crippen molar-refractivity contribution < 1.29 is 27.0 Å². The Morgan fingerprint density at radius 3 is 1.83 bits per heavy atom. The number of para-hydroxylation sites is 1. The molecule has 0 N–H and O–H groups in total. The first kappa shape index (κ1) is 15.4. The smallest absolute Gasteiger partial charge is 0.268 e. The number of amides is 2. The Balaban J connectivity index is 2.14. The molecule has 0 unspecified atom stereocenters. The van der Waals surface area contributed by atoms with E-state index in [0.717, 1.165) is 6.07 Å². The Morgan fingerprint density at radius 2 is 1.30 bits per heavy atom. The fraction of sp³-hybridized carbons (Fsp3) is 0.0667. The van der Waals surface area contributed by atoms with Crippen LogP contribution in [0.2, 0.25) is 0 Å². The normalized spacial score (nSPS) is 15.7. The molecule has 1 aliphatic rings. The number of hydrogen-bond acceptors (Lipinski definition) is 3. The van der Waals surface area contributed by atoms with E-state index in [4.69, 9.17) is 0 Å². The van der Waals surface area contributed by atoms with Crippen molar-refractivity contribution in [1.82, 2.24) is 0 Å². The van der Waals surface area contributed by atoms with E-state index in [-0.39, 0.29) is 16.8 Å². The highest BCUT2D eigenvalue weighted by Gasteiger charge is 2.43. The van der Waals surface area contributed by atoms with Gasteiger partial charge in [0.25, 0.3) is 11.8 Å². The van der Waals surface area contributed by atoms with Crippen LogP contribution in [0.3, 0.4) is 0 Å². The van der Waals surface area contributed by atoms with Crippen molar-refractivity contribution in [2.24, 2.45) is 0 Å². The number of alkyl halides is 3. The average Bonchev–Trinajstić information content (AvgIpc) is 2.78. The molecule has 0 bridgehead atoms. The van der Waals surface area contributed by atoms with Crippen molar-refractivity contribution in [2.45, 2.75) is 10.4 Å². The van der Waals surface area contributed by atoms with Gasteiger partial charge in [-0.25, -0.2) is 9.11 Å². The van der Waals surface area contributed by atoms with Crippen molar-refractivity contribution in [3.63, 3.8) is 0 Å². The van der Waals surface area contributed by atoms with Crippen LogP contribution in [0.25, 0.3) is 0 Å². The summed E-state index contributed by atoms with van der Waals surface area (Å²) < 4.78 is 50.0. The predicted octanol–water partition coefficient (Wildman–Crippen LogP) is 3.11. The Hall–Kier alpha value is -2.48. The van der Waals surface area contributed by atoms with Crippen LogP contribution in [0.15, 0.2) is 53.4 Å². The number of hydrogen-bond donors (Lipinski definition) is 0. The summed E-state index contributed by atoms with van der Waals surface area (Å²) in [4.78, 5) is 24.7. The van der Waals surface area contributed by atoms with Gasteiger partial charge in [-0.2, -0.15) is 13.2 Å². The molecule has 2 aromatic rings. The summed E-state index contributed by atoms with van der Waals surface area (Å²) in [6.45, 7) is 0. The Kier molecular flexibility index (Phi) is 3.56. The zero-order valence-electron chi connectivity index (χ0n) is 11.3. The van der Waals surface area contributed by atoms with E-state index in [1.54, 1.807) is 12.1 Å². The van der Waals surface area contributed by atoms with Gasteiger partial charge in [0.1, 0.15) is 0 Å². The minimum Gasteiger partial charge on any atom is -0.268 e. The fourth-order valence-electron chi connectivity index (χ4n) is 2.33. The predicted molar refractivity (Wildman–Crippen MR) is 76.5 cm³/mol. The van der Waals surface area contributed by atoms with Gasteiger partial charge < -0.3 is 0 Å². The summed E-state index contributed by atoms with van der Waals surface area (Å²) >= 11 is 0. The van der Waals surface area contributed by atoms with Crippen molar-refractivity contribution in [3.8, 4) is 0 Å². The number of imide groups is 1. The third kappa shape index (κ3) is 2.44. The topological polar surface area (TPSA) is 54.5 Å². The van der Waals surface area contributed by atoms with Crippen LogP contribution in [-0.4, -0.2) is 21.5 Å². The van der Waals surface area contributed by atoms with Gasteiger partial charge in [0.2, 0.25) is 0 Å². The molecule has 8 heteroatoms. The molecular formula is C15H8F3NO3S. The lowest BCUT2D eigenvalue weighted by Crippen LogP contribution is -2.31. The van der Waals surface area contributed by atoms with E-state index in [2.05, 4.69) is 0 Å². The van der Waals surface area contributed by atoms with Crippen LogP contribution in [0.1, 0.15) is 20.7 Å². The molecule has 23 heavy (non-hydrogen) atoms. The second-order valence-electron chi connectivity index (χ2n) is 4.67. The van der Waals surface area contributed by atoms with Crippen LogP contribution < -0.4 is 4.90 Å². The van der Waals surface area contributed by atoms with Crippen molar-refractivity contribution in [3.05, 3.63) is 59.7 Å². The lowest BCUT2D eigenvalue weighted by atomic mass is 10.1. The van der Waals surface area contributed by atoms with Gasteiger partial charge in [0.15, 0.2) is 10.8 Å². The number of halogens is 3. The molecule has 2 aromatic carbocycles. The number of anilines is 1. The molecule has 3 rings (SSSR count). The van der Waals surface area contributed by atoms with Crippen molar-refractivity contribution in [1.29, 1.82) is 0 Å². The van der Waals surface area contributed by atoms with Crippen LogP contribution in [0.4, 0.5) is 18.9 Å². The van der Waals surface area contributed by atoms with Gasteiger partial charge >= 0.3 is 5.51 Å². The van der Waals surface area contributed by atoms with Crippen molar-refractivity contribution in [2.75, 3.05) is 4.90 Å². The molecule has 118 valence electrons. The minimum absolute atomic E-state index is 0.102.